The van der Waals surface area contributed by atoms with E-state index in [0.29, 0.717) is 0 Å². The van der Waals surface area contributed by atoms with Crippen LogP contribution < -0.4 is 0 Å². The van der Waals surface area contributed by atoms with Crippen molar-refractivity contribution in [1.82, 2.24) is 9.55 Å². The van der Waals surface area contributed by atoms with E-state index >= 15 is 0 Å². The third kappa shape index (κ3) is 5.27. The van der Waals surface area contributed by atoms with E-state index in [-0.39, 0.29) is 0 Å². The van der Waals surface area contributed by atoms with Crippen molar-refractivity contribution in [2.75, 3.05) is 0 Å². The third-order valence-electron chi connectivity index (χ3n) is 7.43. The van der Waals surface area contributed by atoms with E-state index in [1.54, 1.807) is 0 Å². The van der Waals surface area contributed by atoms with Crippen molar-refractivity contribution in [3.05, 3.63) is 93.8 Å². The fraction of sp³-hybridized carbons (Fsp3) is 0.364. The van der Waals surface area contributed by atoms with Gasteiger partial charge in [-0.15, -0.1) is 0 Å². The van der Waals surface area contributed by atoms with E-state index in [4.69, 9.17) is 4.98 Å². The predicted molar refractivity (Wildman–Crippen MR) is 151 cm³/mol. The summed E-state index contributed by atoms with van der Waals surface area (Å²) >= 11 is 0. The Hall–Kier alpha value is -3.13. The topological polar surface area (TPSA) is 17.8 Å². The number of unbranched alkanes of at least 4 members (excludes halogenated alkanes) is 3. The summed E-state index contributed by atoms with van der Waals surface area (Å²) in [5, 5.41) is 0. The molecule has 0 aliphatic rings. The minimum absolute atomic E-state index is 1.02. The maximum Gasteiger partial charge on any atom is 0.145 e. The number of aromatic nitrogens is 2. The number of hydrogen-bond acceptors (Lipinski definition) is 1. The number of imidazole rings is 1. The molecule has 4 rings (SSSR count). The number of rotatable bonds is 8. The van der Waals surface area contributed by atoms with Crippen LogP contribution in [0.15, 0.2) is 54.6 Å². The Kier molecular flexibility index (Phi) is 7.60. The molecule has 1 heterocycles. The van der Waals surface area contributed by atoms with E-state index in [0.717, 1.165) is 11.5 Å². The molecule has 182 valence electrons. The third-order valence-corrected chi connectivity index (χ3v) is 7.43. The van der Waals surface area contributed by atoms with Gasteiger partial charge in [0, 0.05) is 11.3 Å². The standard InChI is InChI=1S/C33H40N2/c1-8-9-10-11-12-28-14-17-29(18-15-28)31-20-24(4)32(25(5)21-31)35-27(7)26(6)34-33(35)30-16-13-22(2)23(3)19-30/h13-21H,8-12H2,1-7H3. The molecule has 0 fully saturated rings. The van der Waals surface area contributed by atoms with Crippen LogP contribution in [0.4, 0.5) is 0 Å². The normalized spacial score (nSPS) is 11.3. The van der Waals surface area contributed by atoms with Crippen LogP contribution in [-0.2, 0) is 6.42 Å². The van der Waals surface area contributed by atoms with Gasteiger partial charge in [0.05, 0.1) is 11.4 Å². The fourth-order valence-electron chi connectivity index (χ4n) is 5.05. The van der Waals surface area contributed by atoms with E-state index in [2.05, 4.69) is 108 Å². The minimum Gasteiger partial charge on any atom is -0.296 e. The van der Waals surface area contributed by atoms with E-state index in [1.807, 2.05) is 0 Å². The van der Waals surface area contributed by atoms with Gasteiger partial charge in [0.25, 0.3) is 0 Å². The van der Waals surface area contributed by atoms with Crippen LogP contribution in [0, 0.1) is 41.5 Å². The lowest BCUT2D eigenvalue weighted by Crippen LogP contribution is -2.05. The molecule has 0 unspecified atom stereocenters. The van der Waals surface area contributed by atoms with Gasteiger partial charge in [-0.2, -0.15) is 0 Å². The Balaban J connectivity index is 1.69. The predicted octanol–water partition coefficient (Wildman–Crippen LogP) is 9.18. The second kappa shape index (κ2) is 10.6. The monoisotopic (exact) mass is 464 g/mol. The molecule has 0 N–H and O–H groups in total. The molecule has 4 aromatic rings. The molecule has 0 bridgehead atoms. The van der Waals surface area contributed by atoms with Crippen LogP contribution >= 0.6 is 0 Å². The maximum atomic E-state index is 5.00. The molecule has 1 aromatic heterocycles. The van der Waals surface area contributed by atoms with Crippen molar-refractivity contribution in [3.63, 3.8) is 0 Å². The van der Waals surface area contributed by atoms with Gasteiger partial charge in [-0.3, -0.25) is 4.57 Å². The lowest BCUT2D eigenvalue weighted by Gasteiger charge is -2.18. The summed E-state index contributed by atoms with van der Waals surface area (Å²) in [4.78, 5) is 5.00. The summed E-state index contributed by atoms with van der Waals surface area (Å²) in [5.41, 5.74) is 13.8. The summed E-state index contributed by atoms with van der Waals surface area (Å²) in [5.74, 6) is 1.02. The van der Waals surface area contributed by atoms with Crippen molar-refractivity contribution in [2.24, 2.45) is 0 Å². The molecule has 0 amide bonds. The summed E-state index contributed by atoms with van der Waals surface area (Å²) < 4.78 is 2.35. The van der Waals surface area contributed by atoms with Gasteiger partial charge in [-0.25, -0.2) is 4.98 Å². The summed E-state index contributed by atoms with van der Waals surface area (Å²) in [7, 11) is 0. The maximum absolute atomic E-state index is 5.00. The largest absolute Gasteiger partial charge is 0.296 e. The number of benzene rings is 3. The Labute approximate surface area is 212 Å². The van der Waals surface area contributed by atoms with Crippen LogP contribution in [0.5, 0.6) is 0 Å². The SMILES string of the molecule is CCCCCCc1ccc(-c2cc(C)c(-n3c(-c4ccc(C)c(C)c4)nc(C)c3C)c(C)c2)cc1. The van der Waals surface area contributed by atoms with Gasteiger partial charge >= 0.3 is 0 Å². The second-order valence-corrected chi connectivity index (χ2v) is 10.2. The molecule has 0 saturated carbocycles. The molecule has 35 heavy (non-hydrogen) atoms. The molecular formula is C33H40N2. The van der Waals surface area contributed by atoms with Gasteiger partial charge in [-0.05, 0) is 112 Å². The zero-order valence-electron chi connectivity index (χ0n) is 22.6. The van der Waals surface area contributed by atoms with Gasteiger partial charge in [0.15, 0.2) is 0 Å². The van der Waals surface area contributed by atoms with Crippen molar-refractivity contribution in [2.45, 2.75) is 80.6 Å². The second-order valence-electron chi connectivity index (χ2n) is 10.2. The van der Waals surface area contributed by atoms with Gasteiger partial charge < -0.3 is 0 Å². The van der Waals surface area contributed by atoms with Crippen molar-refractivity contribution in [3.8, 4) is 28.2 Å². The highest BCUT2D eigenvalue weighted by Gasteiger charge is 2.19. The minimum atomic E-state index is 1.02. The van der Waals surface area contributed by atoms with Crippen LogP contribution in [0.25, 0.3) is 28.2 Å². The Morgan fingerprint density at radius 3 is 1.89 bits per heavy atom. The van der Waals surface area contributed by atoms with Crippen molar-refractivity contribution >= 4 is 0 Å². The Morgan fingerprint density at radius 1 is 0.629 bits per heavy atom. The Bertz CT molecular complexity index is 1300. The van der Waals surface area contributed by atoms with Crippen molar-refractivity contribution < 1.29 is 0 Å². The molecule has 3 aromatic carbocycles. The number of hydrogen-bond donors (Lipinski definition) is 0. The molecule has 0 aliphatic carbocycles. The molecule has 0 spiro atoms. The Morgan fingerprint density at radius 2 is 1.26 bits per heavy atom. The van der Waals surface area contributed by atoms with Crippen LogP contribution in [0.3, 0.4) is 0 Å². The average Bonchev–Trinajstić information content (AvgIpc) is 3.12. The smallest absolute Gasteiger partial charge is 0.145 e. The molecular weight excluding hydrogens is 424 g/mol. The summed E-state index contributed by atoms with van der Waals surface area (Å²) in [6.45, 7) is 15.4. The lowest BCUT2D eigenvalue weighted by atomic mass is 9.96. The van der Waals surface area contributed by atoms with Gasteiger partial charge in [-0.1, -0.05) is 62.6 Å². The van der Waals surface area contributed by atoms with Gasteiger partial charge in [0.2, 0.25) is 0 Å². The number of nitrogens with zero attached hydrogens (tertiary/aromatic N) is 2. The van der Waals surface area contributed by atoms with Crippen LogP contribution in [0.1, 0.15) is 71.8 Å². The summed E-state index contributed by atoms with van der Waals surface area (Å²) in [6.07, 6.45) is 6.42. The van der Waals surface area contributed by atoms with Crippen LogP contribution in [0.2, 0.25) is 0 Å². The first-order valence-corrected chi connectivity index (χ1v) is 13.1. The van der Waals surface area contributed by atoms with Gasteiger partial charge in [0.1, 0.15) is 5.82 Å². The van der Waals surface area contributed by atoms with Crippen LogP contribution in [-0.4, -0.2) is 9.55 Å². The highest BCUT2D eigenvalue weighted by atomic mass is 15.1. The molecule has 0 atom stereocenters. The first kappa shape index (κ1) is 25.0. The average molecular weight is 465 g/mol. The highest BCUT2D eigenvalue weighted by Crippen LogP contribution is 2.33. The molecule has 0 aliphatic heterocycles. The first-order chi connectivity index (χ1) is 16.8. The van der Waals surface area contributed by atoms with E-state index < -0.39 is 0 Å². The molecule has 2 heteroatoms. The molecule has 2 nitrogen and oxygen atoms in total. The highest BCUT2D eigenvalue weighted by molar-refractivity contribution is 5.71. The van der Waals surface area contributed by atoms with E-state index in [9.17, 15) is 0 Å². The fourth-order valence-corrected chi connectivity index (χ4v) is 5.05. The zero-order chi connectivity index (χ0) is 25.1. The zero-order valence-corrected chi connectivity index (χ0v) is 22.6. The quantitative estimate of drug-likeness (QED) is 0.238. The lowest BCUT2D eigenvalue weighted by molar-refractivity contribution is 0.667. The molecule has 0 saturated heterocycles. The summed E-state index contributed by atoms with van der Waals surface area (Å²) in [6, 6.07) is 20.5. The molecule has 0 radical (unpaired) electrons. The van der Waals surface area contributed by atoms with Crippen molar-refractivity contribution in [1.29, 1.82) is 0 Å². The first-order valence-electron chi connectivity index (χ1n) is 13.1. The number of aryl methyl sites for hydroxylation is 6. The van der Waals surface area contributed by atoms with E-state index in [1.165, 1.54) is 88.0 Å².